The minimum Gasteiger partial charge on any atom is -0.504 e. The van der Waals surface area contributed by atoms with E-state index in [9.17, 15) is 9.90 Å². The zero-order chi connectivity index (χ0) is 10.7. The van der Waals surface area contributed by atoms with E-state index in [1.165, 1.54) is 26.4 Å². The van der Waals surface area contributed by atoms with E-state index in [4.69, 9.17) is 14.6 Å². The zero-order valence-corrected chi connectivity index (χ0v) is 7.77. The summed E-state index contributed by atoms with van der Waals surface area (Å²) >= 11 is 0. The normalized spacial score (nSPS) is 9.57. The zero-order valence-electron chi connectivity index (χ0n) is 7.77. The van der Waals surface area contributed by atoms with Crippen molar-refractivity contribution < 1.29 is 24.5 Å². The third kappa shape index (κ3) is 1.71. The summed E-state index contributed by atoms with van der Waals surface area (Å²) in [7, 11) is 2.73. The van der Waals surface area contributed by atoms with Crippen molar-refractivity contribution in [3.8, 4) is 17.2 Å². The first kappa shape index (κ1) is 10.2. The van der Waals surface area contributed by atoms with Crippen LogP contribution in [0.3, 0.4) is 0 Å². The molecule has 5 heteroatoms. The fourth-order valence-corrected chi connectivity index (χ4v) is 1.02. The molecule has 0 atom stereocenters. The van der Waals surface area contributed by atoms with Crippen LogP contribution in [-0.2, 0) is 0 Å². The van der Waals surface area contributed by atoms with Gasteiger partial charge in [-0.15, -0.1) is 0 Å². The Morgan fingerprint density at radius 1 is 1.29 bits per heavy atom. The van der Waals surface area contributed by atoms with Gasteiger partial charge in [-0.1, -0.05) is 0 Å². The second kappa shape index (κ2) is 3.87. The number of carbonyl (C=O) groups is 1. The van der Waals surface area contributed by atoms with E-state index in [1.54, 1.807) is 0 Å². The molecule has 0 saturated carbocycles. The van der Waals surface area contributed by atoms with Crippen molar-refractivity contribution >= 4 is 5.97 Å². The van der Waals surface area contributed by atoms with Crippen LogP contribution in [0, 0.1) is 0 Å². The molecule has 0 radical (unpaired) electrons. The number of phenols is 1. The molecule has 14 heavy (non-hydrogen) atoms. The van der Waals surface area contributed by atoms with Crippen molar-refractivity contribution in [2.75, 3.05) is 14.2 Å². The number of methoxy groups -OCH3 is 2. The molecule has 1 aromatic rings. The first-order valence-electron chi connectivity index (χ1n) is 3.78. The van der Waals surface area contributed by atoms with Gasteiger partial charge in [0.2, 0.25) is 0 Å². The van der Waals surface area contributed by atoms with Crippen LogP contribution in [-0.4, -0.2) is 30.4 Å². The number of aromatic hydroxyl groups is 1. The largest absolute Gasteiger partial charge is 0.504 e. The molecular weight excluding hydrogens is 188 g/mol. The van der Waals surface area contributed by atoms with Crippen LogP contribution in [0.1, 0.15) is 10.4 Å². The van der Waals surface area contributed by atoms with Crippen LogP contribution >= 0.6 is 0 Å². The molecule has 0 amide bonds. The van der Waals surface area contributed by atoms with Crippen molar-refractivity contribution in [2.24, 2.45) is 0 Å². The van der Waals surface area contributed by atoms with Gasteiger partial charge in [-0.05, 0) is 6.07 Å². The Bertz CT molecular complexity index is 358. The number of carboxylic acids is 1. The van der Waals surface area contributed by atoms with Gasteiger partial charge in [-0.25, -0.2) is 4.79 Å². The van der Waals surface area contributed by atoms with Crippen LogP contribution in [0.5, 0.6) is 17.2 Å². The van der Waals surface area contributed by atoms with Crippen molar-refractivity contribution in [1.82, 2.24) is 0 Å². The quantitative estimate of drug-likeness (QED) is 0.760. The van der Waals surface area contributed by atoms with E-state index >= 15 is 0 Å². The number of carboxylic acid groups (broad SMARTS) is 1. The Morgan fingerprint density at radius 2 is 1.93 bits per heavy atom. The first-order valence-corrected chi connectivity index (χ1v) is 3.78. The van der Waals surface area contributed by atoms with Gasteiger partial charge < -0.3 is 19.7 Å². The minimum absolute atomic E-state index is 0.0711. The molecule has 1 rings (SSSR count). The number of aromatic carboxylic acids is 1. The minimum atomic E-state index is -1.24. The van der Waals surface area contributed by atoms with Crippen LogP contribution in [0.2, 0.25) is 0 Å². The molecular formula is C9H10O5. The van der Waals surface area contributed by atoms with E-state index in [2.05, 4.69) is 0 Å². The highest BCUT2D eigenvalue weighted by Gasteiger charge is 2.16. The lowest BCUT2D eigenvalue weighted by Gasteiger charge is -2.08. The molecule has 0 saturated heterocycles. The summed E-state index contributed by atoms with van der Waals surface area (Å²) in [5.74, 6) is -1.25. The van der Waals surface area contributed by atoms with Crippen LogP contribution in [0.15, 0.2) is 12.1 Å². The highest BCUT2D eigenvalue weighted by atomic mass is 16.5. The predicted octanol–water partition coefficient (Wildman–Crippen LogP) is 1.11. The van der Waals surface area contributed by atoms with Crippen molar-refractivity contribution in [3.63, 3.8) is 0 Å². The van der Waals surface area contributed by atoms with E-state index in [-0.39, 0.29) is 11.3 Å². The molecule has 76 valence electrons. The van der Waals surface area contributed by atoms with Gasteiger partial charge in [-0.2, -0.15) is 0 Å². The highest BCUT2D eigenvalue weighted by molar-refractivity contribution is 5.92. The summed E-state index contributed by atoms with van der Waals surface area (Å²) in [6.07, 6.45) is 0. The number of benzene rings is 1. The average molecular weight is 198 g/mol. The molecule has 0 fully saturated rings. The maximum Gasteiger partial charge on any atom is 0.339 e. The summed E-state index contributed by atoms with van der Waals surface area (Å²) in [4.78, 5) is 10.7. The molecule has 0 aliphatic heterocycles. The smallest absolute Gasteiger partial charge is 0.339 e. The van der Waals surface area contributed by atoms with Crippen LogP contribution < -0.4 is 9.47 Å². The number of hydrogen-bond donors (Lipinski definition) is 2. The van der Waals surface area contributed by atoms with E-state index < -0.39 is 11.7 Å². The van der Waals surface area contributed by atoms with E-state index in [0.29, 0.717) is 5.75 Å². The van der Waals surface area contributed by atoms with E-state index in [1.807, 2.05) is 0 Å². The molecule has 0 unspecified atom stereocenters. The lowest BCUT2D eigenvalue weighted by Crippen LogP contribution is -1.99. The second-order valence-electron chi connectivity index (χ2n) is 2.53. The van der Waals surface area contributed by atoms with Crippen molar-refractivity contribution in [2.45, 2.75) is 0 Å². The molecule has 0 aliphatic carbocycles. The Morgan fingerprint density at radius 3 is 2.36 bits per heavy atom. The number of ether oxygens (including phenoxy) is 2. The topological polar surface area (TPSA) is 76.0 Å². The Hall–Kier alpha value is -1.91. The fraction of sp³-hybridized carbons (Fsp3) is 0.222. The SMILES string of the molecule is COc1cc(OC)c(O)c(C(=O)O)c1. The third-order valence-corrected chi connectivity index (χ3v) is 1.73. The van der Waals surface area contributed by atoms with Gasteiger partial charge in [0.1, 0.15) is 11.3 Å². The second-order valence-corrected chi connectivity index (χ2v) is 2.53. The monoisotopic (exact) mass is 198 g/mol. The molecule has 2 N–H and O–H groups in total. The standard InChI is InChI=1S/C9H10O5/c1-13-5-3-6(9(11)12)8(10)7(4-5)14-2/h3-4,10H,1-2H3,(H,11,12). The molecule has 0 aliphatic rings. The summed E-state index contributed by atoms with van der Waals surface area (Å²) in [5, 5.41) is 18.2. The van der Waals surface area contributed by atoms with Gasteiger partial charge in [0, 0.05) is 6.07 Å². The van der Waals surface area contributed by atoms with Crippen LogP contribution in [0.25, 0.3) is 0 Å². The maximum absolute atomic E-state index is 10.7. The summed E-state index contributed by atoms with van der Waals surface area (Å²) in [6, 6.07) is 2.63. The summed E-state index contributed by atoms with van der Waals surface area (Å²) in [5.41, 5.74) is -0.249. The van der Waals surface area contributed by atoms with Gasteiger partial charge in [0.05, 0.1) is 14.2 Å². The lowest BCUT2D eigenvalue weighted by atomic mass is 10.2. The maximum atomic E-state index is 10.7. The molecule has 5 nitrogen and oxygen atoms in total. The lowest BCUT2D eigenvalue weighted by molar-refractivity contribution is 0.0692. The first-order chi connectivity index (χ1) is 6.60. The van der Waals surface area contributed by atoms with Gasteiger partial charge in [-0.3, -0.25) is 0 Å². The van der Waals surface area contributed by atoms with Crippen molar-refractivity contribution in [1.29, 1.82) is 0 Å². The van der Waals surface area contributed by atoms with Crippen LogP contribution in [0.4, 0.5) is 0 Å². The number of rotatable bonds is 3. The Balaban J connectivity index is 3.34. The van der Waals surface area contributed by atoms with Gasteiger partial charge in [0.25, 0.3) is 0 Å². The summed E-state index contributed by atoms with van der Waals surface area (Å²) in [6.45, 7) is 0. The molecule has 0 spiro atoms. The molecule has 0 aromatic heterocycles. The number of hydrogen-bond acceptors (Lipinski definition) is 4. The fourth-order valence-electron chi connectivity index (χ4n) is 1.02. The molecule has 0 bridgehead atoms. The Labute approximate surface area is 80.5 Å². The van der Waals surface area contributed by atoms with E-state index in [0.717, 1.165) is 0 Å². The average Bonchev–Trinajstić information content (AvgIpc) is 2.17. The highest BCUT2D eigenvalue weighted by Crippen LogP contribution is 2.34. The molecule has 1 aromatic carbocycles. The predicted molar refractivity (Wildman–Crippen MR) is 48.2 cm³/mol. The van der Waals surface area contributed by atoms with Crippen molar-refractivity contribution in [3.05, 3.63) is 17.7 Å². The third-order valence-electron chi connectivity index (χ3n) is 1.73. The van der Waals surface area contributed by atoms with Gasteiger partial charge in [0.15, 0.2) is 11.5 Å². The molecule has 0 heterocycles. The van der Waals surface area contributed by atoms with Gasteiger partial charge >= 0.3 is 5.97 Å². The Kier molecular flexibility index (Phi) is 2.81. The summed E-state index contributed by atoms with van der Waals surface area (Å²) < 4.78 is 9.63.